The molecule has 1 fully saturated rings. The van der Waals surface area contributed by atoms with Crippen LogP contribution in [0, 0.1) is 0 Å². The Labute approximate surface area is 128 Å². The topological polar surface area (TPSA) is 66.8 Å². The first-order chi connectivity index (χ1) is 10.1. The molecular weight excluding hydrogens is 290 g/mol. The van der Waals surface area contributed by atoms with E-state index in [9.17, 15) is 14.7 Å². The van der Waals surface area contributed by atoms with Crippen molar-refractivity contribution in [2.24, 2.45) is 0 Å². The maximum Gasteiger partial charge on any atom is 0.411 e. The van der Waals surface area contributed by atoms with Gasteiger partial charge in [0, 0.05) is 0 Å². The van der Waals surface area contributed by atoms with Gasteiger partial charge >= 0.3 is 12.1 Å². The summed E-state index contributed by atoms with van der Waals surface area (Å²) in [6.07, 6.45) is 0.608. The Hall–Kier alpha value is -1.69. The van der Waals surface area contributed by atoms with Crippen LogP contribution in [0.15, 0.2) is 30.3 Å². The van der Waals surface area contributed by atoms with Crippen LogP contribution in [-0.2, 0) is 16.1 Å². The molecule has 0 radical (unpaired) electrons. The zero-order valence-corrected chi connectivity index (χ0v) is 12.7. The lowest BCUT2D eigenvalue weighted by molar-refractivity contribution is -0.143. The molecule has 2 unspecified atom stereocenters. The first-order valence-electron chi connectivity index (χ1n) is 6.97. The van der Waals surface area contributed by atoms with Crippen molar-refractivity contribution in [2.75, 3.05) is 5.75 Å². The first-order valence-corrected chi connectivity index (χ1v) is 8.01. The zero-order chi connectivity index (χ0) is 15.2. The summed E-state index contributed by atoms with van der Waals surface area (Å²) in [6, 6.07) is 8.57. The summed E-state index contributed by atoms with van der Waals surface area (Å²) in [7, 11) is 0. The van der Waals surface area contributed by atoms with Crippen molar-refractivity contribution in [3.63, 3.8) is 0 Å². The summed E-state index contributed by atoms with van der Waals surface area (Å²) >= 11 is 1.60. The van der Waals surface area contributed by atoms with Gasteiger partial charge in [-0.05, 0) is 24.2 Å². The lowest BCUT2D eigenvalue weighted by Gasteiger charge is -2.38. The largest absolute Gasteiger partial charge is 0.480 e. The number of benzene rings is 1. The summed E-state index contributed by atoms with van der Waals surface area (Å²) in [5.74, 6) is -0.219. The summed E-state index contributed by atoms with van der Waals surface area (Å²) in [5, 5.41) is 9.16. The second-order valence-electron chi connectivity index (χ2n) is 4.82. The number of ether oxygens (including phenoxy) is 1. The highest BCUT2D eigenvalue weighted by Crippen LogP contribution is 2.30. The van der Waals surface area contributed by atoms with Crippen molar-refractivity contribution < 1.29 is 19.4 Å². The van der Waals surface area contributed by atoms with Gasteiger partial charge in [-0.15, -0.1) is 11.8 Å². The Balaban J connectivity index is 2.04. The maximum atomic E-state index is 12.3. The third-order valence-electron chi connectivity index (χ3n) is 3.40. The number of amides is 1. The van der Waals surface area contributed by atoms with Gasteiger partial charge in [-0.3, -0.25) is 4.90 Å². The summed E-state index contributed by atoms with van der Waals surface area (Å²) in [4.78, 5) is 25.0. The molecule has 21 heavy (non-hydrogen) atoms. The van der Waals surface area contributed by atoms with Crippen LogP contribution in [0.5, 0.6) is 0 Å². The van der Waals surface area contributed by atoms with Crippen LogP contribution >= 0.6 is 11.8 Å². The molecule has 1 aromatic carbocycles. The fourth-order valence-electron chi connectivity index (χ4n) is 2.33. The number of carboxylic acid groups (broad SMARTS) is 1. The van der Waals surface area contributed by atoms with Crippen LogP contribution in [0.2, 0.25) is 0 Å². The summed E-state index contributed by atoms with van der Waals surface area (Å²) in [5.41, 5.74) is 0.885. The monoisotopic (exact) mass is 309 g/mol. The molecule has 0 bridgehead atoms. The van der Waals surface area contributed by atoms with Crippen molar-refractivity contribution in [1.29, 1.82) is 0 Å². The first kappa shape index (κ1) is 15.7. The van der Waals surface area contributed by atoms with E-state index in [1.54, 1.807) is 11.8 Å². The van der Waals surface area contributed by atoms with E-state index in [1.807, 2.05) is 37.3 Å². The second-order valence-corrected chi connectivity index (χ2v) is 6.11. The molecule has 1 amide bonds. The zero-order valence-electron chi connectivity index (χ0n) is 11.9. The minimum absolute atomic E-state index is 0.136. The highest BCUT2D eigenvalue weighted by atomic mass is 32.2. The molecule has 1 aromatic rings. The Morgan fingerprint density at radius 1 is 1.38 bits per heavy atom. The Kier molecular flexibility index (Phi) is 5.50. The van der Waals surface area contributed by atoms with Crippen LogP contribution < -0.4 is 0 Å². The molecule has 1 heterocycles. The smallest absolute Gasteiger partial charge is 0.411 e. The number of hydrogen-bond donors (Lipinski definition) is 1. The van der Waals surface area contributed by atoms with Gasteiger partial charge in [0.05, 0.1) is 5.37 Å². The number of nitrogens with zero attached hydrogens (tertiary/aromatic N) is 1. The van der Waals surface area contributed by atoms with Gasteiger partial charge in [-0.25, -0.2) is 9.59 Å². The van der Waals surface area contributed by atoms with Crippen molar-refractivity contribution in [3.8, 4) is 0 Å². The molecule has 6 heteroatoms. The predicted molar refractivity (Wildman–Crippen MR) is 81.0 cm³/mol. The van der Waals surface area contributed by atoms with Crippen LogP contribution in [0.3, 0.4) is 0 Å². The van der Waals surface area contributed by atoms with Gasteiger partial charge in [-0.1, -0.05) is 37.3 Å². The van der Waals surface area contributed by atoms with E-state index in [2.05, 4.69) is 0 Å². The standard InChI is InChI=1S/C15H19NO4S/c1-2-13-16(12(14(17)18)8-9-21-13)15(19)20-10-11-6-4-3-5-7-11/h3-7,12-13H,2,8-10H2,1H3,(H,17,18). The fraction of sp³-hybridized carbons (Fsp3) is 0.467. The van der Waals surface area contributed by atoms with Crippen LogP contribution in [-0.4, -0.2) is 39.2 Å². The van der Waals surface area contributed by atoms with Crippen molar-refractivity contribution in [2.45, 2.75) is 37.8 Å². The Morgan fingerprint density at radius 3 is 2.71 bits per heavy atom. The van der Waals surface area contributed by atoms with Crippen LogP contribution in [0.4, 0.5) is 4.79 Å². The Bertz CT molecular complexity index is 494. The number of thioether (sulfide) groups is 1. The number of hydrogen-bond acceptors (Lipinski definition) is 4. The molecular formula is C15H19NO4S. The molecule has 0 saturated carbocycles. The normalized spacial score (nSPS) is 21.9. The molecule has 0 aliphatic carbocycles. The number of carbonyl (C=O) groups excluding carboxylic acids is 1. The highest BCUT2D eigenvalue weighted by Gasteiger charge is 2.38. The number of carboxylic acids is 1. The molecule has 1 N–H and O–H groups in total. The van der Waals surface area contributed by atoms with Gasteiger partial charge in [0.2, 0.25) is 0 Å². The molecule has 1 aliphatic rings. The van der Waals surface area contributed by atoms with Crippen molar-refractivity contribution in [3.05, 3.63) is 35.9 Å². The van der Waals surface area contributed by atoms with E-state index in [1.165, 1.54) is 4.90 Å². The van der Waals surface area contributed by atoms with Gasteiger partial charge in [0.1, 0.15) is 12.6 Å². The molecule has 2 rings (SSSR count). The van der Waals surface area contributed by atoms with E-state index >= 15 is 0 Å². The molecule has 114 valence electrons. The second kappa shape index (κ2) is 7.36. The SMILES string of the molecule is CCC1SCCC(C(=O)O)N1C(=O)OCc1ccccc1. The van der Waals surface area contributed by atoms with Crippen molar-refractivity contribution >= 4 is 23.8 Å². The summed E-state index contributed by atoms with van der Waals surface area (Å²) in [6.45, 7) is 2.10. The maximum absolute atomic E-state index is 12.3. The van der Waals surface area contributed by atoms with E-state index < -0.39 is 18.1 Å². The van der Waals surface area contributed by atoms with Crippen molar-refractivity contribution in [1.82, 2.24) is 4.90 Å². The average molecular weight is 309 g/mol. The minimum Gasteiger partial charge on any atom is -0.480 e. The van der Waals surface area contributed by atoms with Gasteiger partial charge in [-0.2, -0.15) is 0 Å². The molecule has 0 aromatic heterocycles. The van der Waals surface area contributed by atoms with Gasteiger partial charge in [0.15, 0.2) is 0 Å². The van der Waals surface area contributed by atoms with E-state index in [-0.39, 0.29) is 12.0 Å². The van der Waals surface area contributed by atoms with Crippen LogP contribution in [0.1, 0.15) is 25.3 Å². The van der Waals surface area contributed by atoms with Crippen LogP contribution in [0.25, 0.3) is 0 Å². The molecule has 5 nitrogen and oxygen atoms in total. The lowest BCUT2D eigenvalue weighted by atomic mass is 10.2. The van der Waals surface area contributed by atoms with E-state index in [4.69, 9.17) is 4.74 Å². The third kappa shape index (κ3) is 3.91. The van der Waals surface area contributed by atoms with Gasteiger partial charge < -0.3 is 9.84 Å². The quantitative estimate of drug-likeness (QED) is 0.926. The van der Waals surface area contributed by atoms with E-state index in [0.29, 0.717) is 12.8 Å². The molecule has 2 atom stereocenters. The third-order valence-corrected chi connectivity index (χ3v) is 4.81. The predicted octanol–water partition coefficient (Wildman–Crippen LogP) is 2.95. The minimum atomic E-state index is -0.967. The Morgan fingerprint density at radius 2 is 2.10 bits per heavy atom. The molecule has 1 aliphatic heterocycles. The molecule has 1 saturated heterocycles. The number of aliphatic carboxylic acids is 1. The van der Waals surface area contributed by atoms with Gasteiger partial charge in [0.25, 0.3) is 0 Å². The lowest BCUT2D eigenvalue weighted by Crippen LogP contribution is -2.52. The summed E-state index contributed by atoms with van der Waals surface area (Å²) < 4.78 is 5.29. The number of carbonyl (C=O) groups is 2. The number of rotatable bonds is 4. The van der Waals surface area contributed by atoms with E-state index in [0.717, 1.165) is 11.3 Å². The molecule has 0 spiro atoms. The fourth-order valence-corrected chi connectivity index (χ4v) is 3.59. The average Bonchev–Trinajstić information content (AvgIpc) is 2.52. The highest BCUT2D eigenvalue weighted by molar-refractivity contribution is 7.99.